The second kappa shape index (κ2) is 13.6. The summed E-state index contributed by atoms with van der Waals surface area (Å²) in [7, 11) is 0. The van der Waals surface area contributed by atoms with E-state index in [4.69, 9.17) is 4.74 Å². The van der Waals surface area contributed by atoms with E-state index in [-0.39, 0.29) is 23.8 Å². The molecule has 8 heteroatoms. The van der Waals surface area contributed by atoms with E-state index in [1.807, 2.05) is 44.2 Å². The third-order valence-electron chi connectivity index (χ3n) is 11.6. The summed E-state index contributed by atoms with van der Waals surface area (Å²) in [5, 5.41) is 6.37. The van der Waals surface area contributed by atoms with Crippen LogP contribution in [0.15, 0.2) is 60.7 Å². The molecule has 2 bridgehead atoms. The first kappa shape index (κ1) is 32.1. The van der Waals surface area contributed by atoms with Gasteiger partial charge in [-0.2, -0.15) is 0 Å². The Morgan fingerprint density at radius 3 is 2.43 bits per heavy atom. The van der Waals surface area contributed by atoms with Crippen LogP contribution in [0, 0.1) is 31.6 Å². The highest BCUT2D eigenvalue weighted by Gasteiger charge is 2.72. The van der Waals surface area contributed by atoms with Crippen LogP contribution in [0.5, 0.6) is 0 Å². The van der Waals surface area contributed by atoms with Crippen molar-refractivity contribution in [3.05, 3.63) is 77.4 Å². The number of benzene rings is 2. The Kier molecular flexibility index (Phi) is 9.25. The van der Waals surface area contributed by atoms with Crippen LogP contribution in [0.4, 0.5) is 5.69 Å². The quantitative estimate of drug-likeness (QED) is 0.350. The summed E-state index contributed by atoms with van der Waals surface area (Å²) in [5.74, 6) is -1.22. The molecule has 4 fully saturated rings. The minimum atomic E-state index is -1.12. The van der Waals surface area contributed by atoms with Crippen LogP contribution in [0.2, 0.25) is 0 Å². The largest absolute Gasteiger partial charge is 0.359 e. The smallest absolute Gasteiger partial charge is 0.246 e. The zero-order valence-corrected chi connectivity index (χ0v) is 28.0. The summed E-state index contributed by atoms with van der Waals surface area (Å²) >= 11 is 0. The fraction of sp³-hybridized carbons (Fsp3) is 0.564. The van der Waals surface area contributed by atoms with Crippen molar-refractivity contribution in [3.8, 4) is 0 Å². The number of anilines is 1. The Morgan fingerprint density at radius 2 is 1.68 bits per heavy atom. The zero-order valence-electron chi connectivity index (χ0n) is 28.0. The van der Waals surface area contributed by atoms with E-state index in [1.165, 1.54) is 24.8 Å². The number of piperidine rings is 1. The molecule has 4 heterocycles. The maximum absolute atomic E-state index is 14.4. The molecule has 47 heavy (non-hydrogen) atoms. The van der Waals surface area contributed by atoms with E-state index in [0.29, 0.717) is 18.2 Å². The SMILES string of the molecule is Cc1ccc(NC(=O)[C@H]2[C@H]3C=C[C@]4(O3)[C@H](C(=O)NC3CCCCC3)N(CCCN3CCC(Cc5ccccc5)CC3)C(=O)[C@@H]24)cc1C. The summed E-state index contributed by atoms with van der Waals surface area (Å²) in [6, 6.07) is 15.9. The van der Waals surface area contributed by atoms with Gasteiger partial charge in [0.05, 0.1) is 17.9 Å². The van der Waals surface area contributed by atoms with Crippen molar-refractivity contribution in [1.82, 2.24) is 15.1 Å². The Balaban J connectivity index is 1.04. The Hall–Kier alpha value is -3.49. The van der Waals surface area contributed by atoms with Gasteiger partial charge in [-0.3, -0.25) is 14.4 Å². The lowest BCUT2D eigenvalue weighted by Gasteiger charge is -2.35. The molecule has 5 atom stereocenters. The van der Waals surface area contributed by atoms with E-state index in [0.717, 1.165) is 69.3 Å². The highest BCUT2D eigenvalue weighted by molar-refractivity contribution is 6.02. The number of ether oxygens (including phenoxy) is 1. The van der Waals surface area contributed by atoms with Gasteiger partial charge in [-0.25, -0.2) is 0 Å². The van der Waals surface area contributed by atoms with Crippen LogP contribution >= 0.6 is 0 Å². The number of fused-ring (bicyclic) bond motifs is 1. The number of likely N-dealkylation sites (tertiary alicyclic amines) is 2. The first-order valence-corrected chi connectivity index (χ1v) is 17.9. The molecule has 2 N–H and O–H groups in total. The molecule has 0 unspecified atom stereocenters. The van der Waals surface area contributed by atoms with Crippen LogP contribution in [-0.4, -0.2) is 77.5 Å². The van der Waals surface area contributed by atoms with Gasteiger partial charge in [0.1, 0.15) is 11.6 Å². The van der Waals surface area contributed by atoms with Crippen LogP contribution < -0.4 is 10.6 Å². The topological polar surface area (TPSA) is 91.0 Å². The maximum Gasteiger partial charge on any atom is 0.246 e. The third kappa shape index (κ3) is 6.39. The van der Waals surface area contributed by atoms with Crippen molar-refractivity contribution in [1.29, 1.82) is 0 Å². The standard InChI is InChI=1S/C39H50N4O4/c1-26-14-15-31(24-27(26)2)41-36(44)33-32-16-19-39(47-32)34(33)38(46)43(35(39)37(45)40-30-12-7-4-8-13-30)21-9-20-42-22-17-29(18-23-42)25-28-10-5-3-6-11-28/h3,5-6,10-11,14-16,19,24,29-30,32-35H,4,7-9,12-13,17-18,20-23,25H2,1-2H3,(H,40,45)(H,41,44)/t32-,33+,34-,35+,39-/m1/s1. The lowest BCUT2D eigenvalue weighted by molar-refractivity contribution is -0.141. The van der Waals surface area contributed by atoms with Gasteiger partial charge in [-0.15, -0.1) is 0 Å². The number of nitrogens with zero attached hydrogens (tertiary/aromatic N) is 2. The monoisotopic (exact) mass is 638 g/mol. The maximum atomic E-state index is 14.4. The molecule has 8 nitrogen and oxygen atoms in total. The average molecular weight is 639 g/mol. The number of carbonyl (C=O) groups excluding carboxylic acids is 3. The van der Waals surface area contributed by atoms with E-state index in [1.54, 1.807) is 4.90 Å². The Bertz CT molecular complexity index is 1500. The Morgan fingerprint density at radius 1 is 0.915 bits per heavy atom. The minimum Gasteiger partial charge on any atom is -0.359 e. The summed E-state index contributed by atoms with van der Waals surface area (Å²) in [5.41, 5.74) is 3.23. The fourth-order valence-corrected chi connectivity index (χ4v) is 8.91. The van der Waals surface area contributed by atoms with Gasteiger partial charge in [0.15, 0.2) is 0 Å². The van der Waals surface area contributed by atoms with Crippen molar-refractivity contribution in [3.63, 3.8) is 0 Å². The summed E-state index contributed by atoms with van der Waals surface area (Å²) in [4.78, 5) is 46.6. The van der Waals surface area contributed by atoms with Crippen LogP contribution in [0.1, 0.15) is 68.1 Å². The fourth-order valence-electron chi connectivity index (χ4n) is 8.91. The van der Waals surface area contributed by atoms with E-state index >= 15 is 0 Å². The lowest BCUT2D eigenvalue weighted by Crippen LogP contribution is -2.56. The lowest BCUT2D eigenvalue weighted by atomic mass is 9.74. The molecule has 0 aromatic heterocycles. The van der Waals surface area contributed by atoms with Crippen LogP contribution in [0.3, 0.4) is 0 Å². The highest BCUT2D eigenvalue weighted by atomic mass is 16.5. The molecule has 2 aromatic carbocycles. The molecule has 2 aromatic rings. The number of aryl methyl sites for hydroxylation is 2. The molecule has 1 spiro atoms. The minimum absolute atomic E-state index is 0.118. The number of rotatable bonds is 10. The van der Waals surface area contributed by atoms with Crippen molar-refractivity contribution in [2.45, 2.75) is 95.4 Å². The first-order chi connectivity index (χ1) is 22.8. The highest BCUT2D eigenvalue weighted by Crippen LogP contribution is 2.55. The van der Waals surface area contributed by atoms with Gasteiger partial charge in [0.25, 0.3) is 0 Å². The predicted octanol–water partition coefficient (Wildman–Crippen LogP) is 5.19. The molecule has 3 amide bonds. The average Bonchev–Trinajstić information content (AvgIpc) is 3.72. The van der Waals surface area contributed by atoms with Crippen molar-refractivity contribution < 1.29 is 19.1 Å². The van der Waals surface area contributed by atoms with E-state index < -0.39 is 29.6 Å². The first-order valence-electron chi connectivity index (χ1n) is 17.9. The van der Waals surface area contributed by atoms with Gasteiger partial charge in [-0.05, 0) is 107 Å². The van der Waals surface area contributed by atoms with Crippen molar-refractivity contribution in [2.75, 3.05) is 31.5 Å². The summed E-state index contributed by atoms with van der Waals surface area (Å²) < 4.78 is 6.57. The molecule has 5 aliphatic rings. The number of hydrogen-bond acceptors (Lipinski definition) is 5. The zero-order chi connectivity index (χ0) is 32.5. The second-order valence-corrected chi connectivity index (χ2v) is 14.7. The predicted molar refractivity (Wildman–Crippen MR) is 183 cm³/mol. The molecule has 0 radical (unpaired) electrons. The Labute approximate surface area is 279 Å². The molecule has 4 aliphatic heterocycles. The second-order valence-electron chi connectivity index (χ2n) is 14.7. The number of amides is 3. The van der Waals surface area contributed by atoms with Crippen molar-refractivity contribution in [2.24, 2.45) is 17.8 Å². The van der Waals surface area contributed by atoms with Gasteiger partial charge in [-0.1, -0.05) is 67.8 Å². The van der Waals surface area contributed by atoms with Gasteiger partial charge >= 0.3 is 0 Å². The molecule has 7 rings (SSSR count). The number of hydrogen-bond donors (Lipinski definition) is 2. The summed E-state index contributed by atoms with van der Waals surface area (Å²) in [6.45, 7) is 7.52. The molecular formula is C39H50N4O4. The number of nitrogens with one attached hydrogen (secondary N) is 2. The normalized spacial score (nSPS) is 29.3. The molecule has 3 saturated heterocycles. The van der Waals surface area contributed by atoms with Crippen molar-refractivity contribution >= 4 is 23.4 Å². The van der Waals surface area contributed by atoms with Gasteiger partial charge < -0.3 is 25.2 Å². The van der Waals surface area contributed by atoms with E-state index in [9.17, 15) is 14.4 Å². The number of carbonyl (C=O) groups is 3. The van der Waals surface area contributed by atoms with Crippen LogP contribution in [0.25, 0.3) is 0 Å². The van der Waals surface area contributed by atoms with Crippen LogP contribution in [-0.2, 0) is 25.5 Å². The molecular weight excluding hydrogens is 588 g/mol. The third-order valence-corrected chi connectivity index (χ3v) is 11.6. The van der Waals surface area contributed by atoms with Gasteiger partial charge in [0.2, 0.25) is 17.7 Å². The molecule has 1 aliphatic carbocycles. The van der Waals surface area contributed by atoms with Gasteiger partial charge in [0, 0.05) is 18.3 Å². The summed E-state index contributed by atoms with van der Waals surface area (Å²) in [6.07, 6.45) is 12.9. The molecule has 1 saturated carbocycles. The van der Waals surface area contributed by atoms with E-state index in [2.05, 4.69) is 45.9 Å². The molecule has 250 valence electrons.